The number of hydrogen-bond donors (Lipinski definition) is 1. The van der Waals surface area contributed by atoms with E-state index in [0.717, 1.165) is 13.0 Å². The van der Waals surface area contributed by atoms with Gasteiger partial charge in [-0.05, 0) is 23.8 Å². The monoisotopic (exact) mass is 333 g/mol. The second-order valence-corrected chi connectivity index (χ2v) is 6.82. The number of alkyl halides is 1. The molecular weight excluding hydrogens is 313 g/mol. The van der Waals surface area contributed by atoms with Crippen molar-refractivity contribution in [2.45, 2.75) is 25.7 Å². The van der Waals surface area contributed by atoms with E-state index < -0.39 is 9.84 Å². The standard InChI is InChI=1S/C9H20INO2S/c1-14(12,13)9-8-11-7-5-3-2-4-6-10/h11H,2-9H2,1H3. The van der Waals surface area contributed by atoms with Crippen LogP contribution in [0.25, 0.3) is 0 Å². The molecule has 0 aromatic rings. The molecule has 0 aliphatic rings. The number of nitrogens with one attached hydrogen (secondary N) is 1. The summed E-state index contributed by atoms with van der Waals surface area (Å²) in [6.07, 6.45) is 6.25. The van der Waals surface area contributed by atoms with Crippen molar-refractivity contribution < 1.29 is 8.42 Å². The molecule has 5 heteroatoms. The molecular formula is C9H20INO2S. The van der Waals surface area contributed by atoms with Gasteiger partial charge in [0.15, 0.2) is 0 Å². The van der Waals surface area contributed by atoms with Crippen molar-refractivity contribution in [3.05, 3.63) is 0 Å². The van der Waals surface area contributed by atoms with Crippen molar-refractivity contribution in [2.24, 2.45) is 0 Å². The highest BCUT2D eigenvalue weighted by Crippen LogP contribution is 2.00. The molecule has 0 fully saturated rings. The van der Waals surface area contributed by atoms with Crippen LogP contribution in [-0.2, 0) is 9.84 Å². The Labute approximate surface area is 101 Å². The predicted octanol–water partition coefficient (Wildman–Crippen LogP) is 1.62. The highest BCUT2D eigenvalue weighted by Gasteiger charge is 1.99. The van der Waals surface area contributed by atoms with E-state index in [2.05, 4.69) is 27.9 Å². The molecule has 0 amide bonds. The van der Waals surface area contributed by atoms with Crippen molar-refractivity contribution in [1.29, 1.82) is 0 Å². The van der Waals surface area contributed by atoms with E-state index in [9.17, 15) is 8.42 Å². The van der Waals surface area contributed by atoms with Gasteiger partial charge in [0, 0.05) is 12.8 Å². The molecule has 3 nitrogen and oxygen atoms in total. The van der Waals surface area contributed by atoms with E-state index in [1.165, 1.54) is 29.9 Å². The molecule has 0 radical (unpaired) electrons. The first kappa shape index (κ1) is 14.6. The molecule has 0 aliphatic carbocycles. The quantitative estimate of drug-likeness (QED) is 0.396. The van der Waals surface area contributed by atoms with Crippen molar-refractivity contribution in [3.8, 4) is 0 Å². The average Bonchev–Trinajstić information content (AvgIpc) is 2.08. The predicted molar refractivity (Wildman–Crippen MR) is 69.9 cm³/mol. The molecule has 0 spiro atoms. The van der Waals surface area contributed by atoms with E-state index in [0.29, 0.717) is 6.54 Å². The zero-order valence-electron chi connectivity index (χ0n) is 8.76. The summed E-state index contributed by atoms with van der Waals surface area (Å²) in [5.74, 6) is 0.251. The van der Waals surface area contributed by atoms with Gasteiger partial charge in [0.05, 0.1) is 5.75 Å². The molecule has 0 saturated carbocycles. The molecule has 0 aromatic heterocycles. The van der Waals surface area contributed by atoms with Gasteiger partial charge in [-0.2, -0.15) is 0 Å². The summed E-state index contributed by atoms with van der Waals surface area (Å²) in [7, 11) is -2.79. The Kier molecular flexibility index (Phi) is 9.32. The van der Waals surface area contributed by atoms with Gasteiger partial charge in [0.1, 0.15) is 9.84 Å². The second kappa shape index (κ2) is 8.91. The second-order valence-electron chi connectivity index (χ2n) is 3.48. The third-order valence-corrected chi connectivity index (χ3v) is 3.60. The maximum Gasteiger partial charge on any atom is 0.148 e. The Morgan fingerprint density at radius 1 is 1.07 bits per heavy atom. The van der Waals surface area contributed by atoms with Crippen LogP contribution in [0.1, 0.15) is 25.7 Å². The first-order valence-corrected chi connectivity index (χ1v) is 8.59. The van der Waals surface area contributed by atoms with Crippen molar-refractivity contribution in [2.75, 3.05) is 29.5 Å². The number of rotatable bonds is 9. The summed E-state index contributed by atoms with van der Waals surface area (Å²) >= 11 is 2.39. The molecule has 0 aliphatic heterocycles. The molecule has 0 aromatic carbocycles. The van der Waals surface area contributed by atoms with Crippen molar-refractivity contribution in [1.82, 2.24) is 5.32 Å². The Bertz CT molecular complexity index is 217. The minimum atomic E-state index is -2.79. The Hall–Kier alpha value is 0.640. The molecule has 1 N–H and O–H groups in total. The summed E-state index contributed by atoms with van der Waals surface area (Å²) in [5.41, 5.74) is 0. The van der Waals surface area contributed by atoms with Gasteiger partial charge in [-0.1, -0.05) is 35.4 Å². The fourth-order valence-corrected chi connectivity index (χ4v) is 2.14. The lowest BCUT2D eigenvalue weighted by molar-refractivity contribution is 0.588. The fraction of sp³-hybridized carbons (Fsp3) is 1.00. The van der Waals surface area contributed by atoms with Crippen molar-refractivity contribution >= 4 is 32.4 Å². The molecule has 0 heterocycles. The summed E-state index contributed by atoms with van der Waals surface area (Å²) in [6.45, 7) is 1.53. The van der Waals surface area contributed by atoms with Gasteiger partial charge >= 0.3 is 0 Å². The van der Waals surface area contributed by atoms with E-state index in [1.54, 1.807) is 0 Å². The third kappa shape index (κ3) is 12.6. The van der Waals surface area contributed by atoms with Crippen LogP contribution in [0.4, 0.5) is 0 Å². The van der Waals surface area contributed by atoms with E-state index >= 15 is 0 Å². The van der Waals surface area contributed by atoms with Crippen LogP contribution in [0.15, 0.2) is 0 Å². The van der Waals surface area contributed by atoms with Gasteiger partial charge in [-0.3, -0.25) is 0 Å². The molecule has 0 unspecified atom stereocenters. The maximum absolute atomic E-state index is 10.8. The average molecular weight is 333 g/mol. The molecule has 0 atom stereocenters. The minimum absolute atomic E-state index is 0.251. The molecule has 0 saturated heterocycles. The van der Waals surface area contributed by atoms with Crippen LogP contribution >= 0.6 is 22.6 Å². The van der Waals surface area contributed by atoms with Gasteiger partial charge < -0.3 is 5.32 Å². The van der Waals surface area contributed by atoms with Crippen LogP contribution in [0, 0.1) is 0 Å². The fourth-order valence-electron chi connectivity index (χ4n) is 1.08. The number of unbranched alkanes of at least 4 members (excludes halogenated alkanes) is 3. The number of hydrogen-bond acceptors (Lipinski definition) is 3. The Morgan fingerprint density at radius 3 is 2.29 bits per heavy atom. The van der Waals surface area contributed by atoms with Crippen molar-refractivity contribution in [3.63, 3.8) is 0 Å². The highest BCUT2D eigenvalue weighted by molar-refractivity contribution is 14.1. The zero-order chi connectivity index (χ0) is 10.9. The molecule has 0 rings (SSSR count). The molecule has 86 valence electrons. The van der Waals surface area contributed by atoms with Crippen LogP contribution in [-0.4, -0.2) is 37.9 Å². The minimum Gasteiger partial charge on any atom is -0.316 e. The molecule has 0 bridgehead atoms. The largest absolute Gasteiger partial charge is 0.316 e. The van der Waals surface area contributed by atoms with Gasteiger partial charge in [-0.15, -0.1) is 0 Å². The third-order valence-electron chi connectivity index (χ3n) is 1.89. The topological polar surface area (TPSA) is 46.2 Å². The first-order valence-electron chi connectivity index (χ1n) is 5.00. The number of halogens is 1. The summed E-state index contributed by atoms with van der Waals surface area (Å²) < 4.78 is 22.8. The SMILES string of the molecule is CS(=O)(=O)CCNCCCCCCI. The zero-order valence-corrected chi connectivity index (χ0v) is 11.7. The normalized spacial score (nSPS) is 11.9. The van der Waals surface area contributed by atoms with Gasteiger partial charge in [0.25, 0.3) is 0 Å². The van der Waals surface area contributed by atoms with Crippen LogP contribution in [0.2, 0.25) is 0 Å². The smallest absolute Gasteiger partial charge is 0.148 e. The van der Waals surface area contributed by atoms with E-state index in [4.69, 9.17) is 0 Å². The number of sulfone groups is 1. The van der Waals surface area contributed by atoms with Gasteiger partial charge in [-0.25, -0.2) is 8.42 Å². The van der Waals surface area contributed by atoms with Gasteiger partial charge in [0.2, 0.25) is 0 Å². The van der Waals surface area contributed by atoms with E-state index in [1.807, 2.05) is 0 Å². The van der Waals surface area contributed by atoms with E-state index in [-0.39, 0.29) is 5.75 Å². The lowest BCUT2D eigenvalue weighted by atomic mass is 10.2. The summed E-state index contributed by atoms with van der Waals surface area (Å²) in [6, 6.07) is 0. The first-order chi connectivity index (χ1) is 6.56. The summed E-state index contributed by atoms with van der Waals surface area (Å²) in [5, 5.41) is 3.14. The van der Waals surface area contributed by atoms with Crippen LogP contribution in [0.5, 0.6) is 0 Å². The molecule has 14 heavy (non-hydrogen) atoms. The lowest BCUT2D eigenvalue weighted by Crippen LogP contribution is -2.23. The Balaban J connectivity index is 3.07. The lowest BCUT2D eigenvalue weighted by Gasteiger charge is -2.03. The highest BCUT2D eigenvalue weighted by atomic mass is 127. The van der Waals surface area contributed by atoms with Crippen LogP contribution in [0.3, 0.4) is 0 Å². The van der Waals surface area contributed by atoms with Crippen LogP contribution < -0.4 is 5.32 Å². The maximum atomic E-state index is 10.8. The summed E-state index contributed by atoms with van der Waals surface area (Å²) in [4.78, 5) is 0. The Morgan fingerprint density at radius 2 is 1.71 bits per heavy atom.